The molecule has 77 valence electrons. The summed E-state index contributed by atoms with van der Waals surface area (Å²) < 4.78 is 4.06. The van der Waals surface area contributed by atoms with E-state index in [4.69, 9.17) is 0 Å². The number of hydrogen-bond donors (Lipinski definition) is 0. The van der Waals surface area contributed by atoms with E-state index in [1.165, 1.54) is 32.0 Å². The molecule has 1 rings (SSSR count). The molecule has 3 heteroatoms. The second-order valence-electron chi connectivity index (χ2n) is 3.53. The van der Waals surface area contributed by atoms with Crippen LogP contribution in [0.4, 0.5) is 0 Å². The molecule has 1 radical (unpaired) electrons. The maximum absolute atomic E-state index is 4.43. The van der Waals surface area contributed by atoms with E-state index in [1.807, 2.05) is 18.5 Å². The minimum atomic E-state index is -1.42. The second kappa shape index (κ2) is 7.21. The molecule has 0 fully saturated rings. The van der Waals surface area contributed by atoms with Gasteiger partial charge >= 0.3 is 94.0 Å². The van der Waals surface area contributed by atoms with Crippen LogP contribution in [0.5, 0.6) is 0 Å². The third-order valence-electron chi connectivity index (χ3n) is 2.27. The van der Waals surface area contributed by atoms with Crippen LogP contribution in [0.1, 0.15) is 33.1 Å². The fourth-order valence-electron chi connectivity index (χ4n) is 1.52. The van der Waals surface area contributed by atoms with Gasteiger partial charge in [0.15, 0.2) is 0 Å². The summed E-state index contributed by atoms with van der Waals surface area (Å²) in [4.78, 5) is 8.85. The van der Waals surface area contributed by atoms with E-state index in [0.29, 0.717) is 0 Å². The van der Waals surface area contributed by atoms with Crippen LogP contribution in [0.2, 0.25) is 8.87 Å². The van der Waals surface area contributed by atoms with Gasteiger partial charge in [0.05, 0.1) is 0 Å². The SMILES string of the molecule is CCC[CH2][Sn]([CH2]CC)[c]1ncccn1. The van der Waals surface area contributed by atoms with Crippen LogP contribution in [0.15, 0.2) is 18.5 Å². The first-order valence-electron chi connectivity index (χ1n) is 5.50. The van der Waals surface area contributed by atoms with Gasteiger partial charge in [-0.25, -0.2) is 0 Å². The van der Waals surface area contributed by atoms with Gasteiger partial charge < -0.3 is 0 Å². The van der Waals surface area contributed by atoms with Crippen molar-refractivity contribution in [2.24, 2.45) is 0 Å². The standard InChI is InChI=1S/C4H3N2.C4H9.C3H7.Sn/c1-2-5-4-6-3-1;1-3-4-2;1-3-2;/h1-3H;1,3-4H2,2H3;1,3H2,2H3;. The third kappa shape index (κ3) is 3.94. The van der Waals surface area contributed by atoms with Gasteiger partial charge in [-0.1, -0.05) is 0 Å². The second-order valence-corrected chi connectivity index (χ2v) is 11.1. The van der Waals surface area contributed by atoms with Crippen LogP contribution in [-0.2, 0) is 0 Å². The third-order valence-corrected chi connectivity index (χ3v) is 10.7. The Morgan fingerprint density at radius 3 is 2.36 bits per heavy atom. The van der Waals surface area contributed by atoms with Gasteiger partial charge in [0.1, 0.15) is 0 Å². The normalized spacial score (nSPS) is 10.8. The Morgan fingerprint density at radius 2 is 1.79 bits per heavy atom. The van der Waals surface area contributed by atoms with E-state index in [-0.39, 0.29) is 0 Å². The van der Waals surface area contributed by atoms with Crippen molar-refractivity contribution in [3.05, 3.63) is 18.5 Å². The Hall–Kier alpha value is -0.121. The Morgan fingerprint density at radius 1 is 1.07 bits per heavy atom. The molecule has 0 N–H and O–H groups in total. The summed E-state index contributed by atoms with van der Waals surface area (Å²) in [6.07, 6.45) is 7.76. The molecule has 2 nitrogen and oxygen atoms in total. The molecule has 0 saturated heterocycles. The van der Waals surface area contributed by atoms with E-state index in [2.05, 4.69) is 23.8 Å². The summed E-state index contributed by atoms with van der Waals surface area (Å²) in [6, 6.07) is 1.91. The van der Waals surface area contributed by atoms with Crippen molar-refractivity contribution in [1.82, 2.24) is 9.97 Å². The van der Waals surface area contributed by atoms with Gasteiger partial charge in [0.25, 0.3) is 0 Å². The molecule has 0 unspecified atom stereocenters. The number of unbranched alkanes of at least 4 members (excludes halogenated alkanes) is 1. The molecule has 1 aromatic heterocycles. The van der Waals surface area contributed by atoms with E-state index in [0.717, 1.165) is 0 Å². The van der Waals surface area contributed by atoms with Gasteiger partial charge in [-0.2, -0.15) is 0 Å². The Bertz CT molecular complexity index is 238. The van der Waals surface area contributed by atoms with Crippen LogP contribution in [0.3, 0.4) is 0 Å². The van der Waals surface area contributed by atoms with Crippen LogP contribution < -0.4 is 3.84 Å². The van der Waals surface area contributed by atoms with Crippen molar-refractivity contribution in [1.29, 1.82) is 0 Å². The molecular formula is C11H19N2Sn. The monoisotopic (exact) mass is 299 g/mol. The summed E-state index contributed by atoms with van der Waals surface area (Å²) in [7, 11) is 0. The molecule has 0 bridgehead atoms. The molecule has 14 heavy (non-hydrogen) atoms. The predicted molar refractivity (Wildman–Crippen MR) is 62.2 cm³/mol. The molecular weight excluding hydrogens is 279 g/mol. The van der Waals surface area contributed by atoms with Crippen molar-refractivity contribution in [3.8, 4) is 0 Å². The van der Waals surface area contributed by atoms with E-state index >= 15 is 0 Å². The van der Waals surface area contributed by atoms with Crippen LogP contribution in [0, 0.1) is 0 Å². The summed E-state index contributed by atoms with van der Waals surface area (Å²) in [6.45, 7) is 4.54. The average Bonchev–Trinajstić information content (AvgIpc) is 2.25. The molecule has 0 amide bonds. The first kappa shape index (κ1) is 12.0. The van der Waals surface area contributed by atoms with Crippen molar-refractivity contribution in [3.63, 3.8) is 0 Å². The Kier molecular flexibility index (Phi) is 6.15. The quantitative estimate of drug-likeness (QED) is 0.754. The zero-order chi connectivity index (χ0) is 10.2. The van der Waals surface area contributed by atoms with Crippen LogP contribution >= 0.6 is 0 Å². The van der Waals surface area contributed by atoms with Crippen LogP contribution in [-0.4, -0.2) is 29.7 Å². The molecule has 0 aromatic carbocycles. The van der Waals surface area contributed by atoms with E-state index in [9.17, 15) is 0 Å². The van der Waals surface area contributed by atoms with Gasteiger partial charge in [0.2, 0.25) is 0 Å². The molecule has 0 aliphatic heterocycles. The van der Waals surface area contributed by atoms with E-state index in [1.54, 1.807) is 0 Å². The fourth-order valence-corrected chi connectivity index (χ4v) is 8.93. The van der Waals surface area contributed by atoms with Crippen molar-refractivity contribution >= 4 is 23.6 Å². The predicted octanol–water partition coefficient (Wildman–Crippen LogP) is 2.39. The molecule has 0 spiro atoms. The first-order chi connectivity index (χ1) is 6.88. The Balaban J connectivity index is 2.58. The van der Waals surface area contributed by atoms with Gasteiger partial charge in [-0.05, 0) is 0 Å². The van der Waals surface area contributed by atoms with Gasteiger partial charge in [-0.3, -0.25) is 0 Å². The minimum absolute atomic E-state index is 1.23. The summed E-state index contributed by atoms with van der Waals surface area (Å²) in [5.41, 5.74) is 0. The average molecular weight is 298 g/mol. The van der Waals surface area contributed by atoms with Crippen molar-refractivity contribution in [2.45, 2.75) is 42.0 Å². The molecule has 1 aromatic rings. The maximum atomic E-state index is 4.43. The molecule has 0 saturated carbocycles. The number of rotatable bonds is 6. The fraction of sp³-hybridized carbons (Fsp3) is 0.636. The molecule has 0 atom stereocenters. The summed E-state index contributed by atoms with van der Waals surface area (Å²) in [5, 5.41) is 0. The number of nitrogens with zero attached hydrogens (tertiary/aromatic N) is 2. The van der Waals surface area contributed by atoms with Gasteiger partial charge in [-0.15, -0.1) is 0 Å². The Labute approximate surface area is 93.9 Å². The topological polar surface area (TPSA) is 25.8 Å². The number of hydrogen-bond acceptors (Lipinski definition) is 2. The summed E-state index contributed by atoms with van der Waals surface area (Å²) in [5.74, 6) is 0. The number of aromatic nitrogens is 2. The van der Waals surface area contributed by atoms with Gasteiger partial charge in [0, 0.05) is 0 Å². The zero-order valence-electron chi connectivity index (χ0n) is 9.16. The van der Waals surface area contributed by atoms with Crippen molar-refractivity contribution < 1.29 is 0 Å². The van der Waals surface area contributed by atoms with Crippen molar-refractivity contribution in [2.75, 3.05) is 0 Å². The summed E-state index contributed by atoms with van der Waals surface area (Å²) >= 11 is -1.42. The zero-order valence-corrected chi connectivity index (χ0v) is 12.0. The molecule has 0 aliphatic rings. The first-order valence-corrected chi connectivity index (χ1v) is 11.0. The molecule has 1 heterocycles. The molecule has 0 aliphatic carbocycles. The van der Waals surface area contributed by atoms with E-state index < -0.39 is 19.8 Å². The van der Waals surface area contributed by atoms with Crippen LogP contribution in [0.25, 0.3) is 0 Å².